The van der Waals surface area contributed by atoms with E-state index in [1.54, 1.807) is 12.1 Å². The molecule has 0 saturated carbocycles. The molecule has 0 spiro atoms. The number of nitro groups is 1. The first-order valence-electron chi connectivity index (χ1n) is 11.4. The van der Waals surface area contributed by atoms with E-state index in [0.29, 0.717) is 11.4 Å². The number of hydrogen-bond donors (Lipinski definition) is 3. The summed E-state index contributed by atoms with van der Waals surface area (Å²) in [5.74, 6) is 1.38. The Morgan fingerprint density at radius 1 is 0.857 bits per heavy atom. The SMILES string of the molecule is CN1CCN(c2ccc3nc(-c4ccc5nc(-c6ccc([N+](=O)[O-])c(N)c6)[nH]c5c4)[nH]c3c2)CC1. The molecule has 3 aromatic carbocycles. The number of rotatable bonds is 4. The zero-order valence-electron chi connectivity index (χ0n) is 19.2. The molecule has 0 radical (unpaired) electrons. The summed E-state index contributed by atoms with van der Waals surface area (Å²) < 4.78 is 0. The van der Waals surface area contributed by atoms with Gasteiger partial charge in [0.1, 0.15) is 17.3 Å². The van der Waals surface area contributed by atoms with Gasteiger partial charge in [-0.25, -0.2) is 9.97 Å². The summed E-state index contributed by atoms with van der Waals surface area (Å²) in [5.41, 5.74) is 12.2. The monoisotopic (exact) mass is 468 g/mol. The largest absolute Gasteiger partial charge is 0.393 e. The van der Waals surface area contributed by atoms with Crippen LogP contribution in [0.5, 0.6) is 0 Å². The van der Waals surface area contributed by atoms with E-state index in [4.69, 9.17) is 10.7 Å². The first-order chi connectivity index (χ1) is 16.9. The predicted octanol–water partition coefficient (Wildman–Crippen LogP) is 4.02. The number of anilines is 2. The molecule has 2 aromatic heterocycles. The minimum absolute atomic E-state index is 0.104. The third-order valence-electron chi connectivity index (χ3n) is 6.59. The highest BCUT2D eigenvalue weighted by Gasteiger charge is 2.17. The lowest BCUT2D eigenvalue weighted by molar-refractivity contribution is -0.383. The number of nitrogens with one attached hydrogen (secondary N) is 2. The third-order valence-corrected chi connectivity index (χ3v) is 6.59. The van der Waals surface area contributed by atoms with E-state index in [2.05, 4.69) is 50.0 Å². The van der Waals surface area contributed by atoms with Gasteiger partial charge in [-0.05, 0) is 55.6 Å². The maximum absolute atomic E-state index is 11.0. The Morgan fingerprint density at radius 3 is 2.11 bits per heavy atom. The Morgan fingerprint density at radius 2 is 1.46 bits per heavy atom. The highest BCUT2D eigenvalue weighted by Crippen LogP contribution is 2.30. The van der Waals surface area contributed by atoms with Crippen molar-refractivity contribution in [1.82, 2.24) is 24.8 Å². The van der Waals surface area contributed by atoms with Crippen LogP contribution in [-0.2, 0) is 0 Å². The molecule has 0 aliphatic carbocycles. The van der Waals surface area contributed by atoms with E-state index in [9.17, 15) is 10.1 Å². The average Bonchev–Trinajstić information content (AvgIpc) is 3.47. The van der Waals surface area contributed by atoms with Gasteiger partial charge in [0.05, 0.1) is 27.0 Å². The molecule has 0 atom stereocenters. The van der Waals surface area contributed by atoms with E-state index in [1.807, 2.05) is 18.2 Å². The minimum Gasteiger partial charge on any atom is -0.393 e. The molecule has 10 heteroatoms. The van der Waals surface area contributed by atoms with Gasteiger partial charge in [-0.15, -0.1) is 0 Å². The van der Waals surface area contributed by atoms with Crippen LogP contribution in [0, 0.1) is 10.1 Å². The highest BCUT2D eigenvalue weighted by atomic mass is 16.6. The number of aromatic amines is 2. The van der Waals surface area contributed by atoms with Crippen molar-refractivity contribution in [2.24, 2.45) is 0 Å². The third kappa shape index (κ3) is 3.83. The van der Waals surface area contributed by atoms with Gasteiger partial charge in [0, 0.05) is 49.1 Å². The number of nitrogens with two attached hydrogens (primary N) is 1. The molecular formula is C25H24N8O2. The van der Waals surface area contributed by atoms with Crippen molar-refractivity contribution < 1.29 is 4.92 Å². The second-order valence-corrected chi connectivity index (χ2v) is 8.93. The Balaban J connectivity index is 1.31. The van der Waals surface area contributed by atoms with Gasteiger partial charge < -0.3 is 25.5 Å². The number of H-pyrrole nitrogens is 2. The van der Waals surface area contributed by atoms with Crippen molar-refractivity contribution >= 4 is 39.1 Å². The number of imidazole rings is 2. The lowest BCUT2D eigenvalue weighted by atomic mass is 10.1. The summed E-state index contributed by atoms with van der Waals surface area (Å²) in [6, 6.07) is 16.9. The van der Waals surface area contributed by atoms with Crippen molar-refractivity contribution in [2.45, 2.75) is 0 Å². The number of likely N-dealkylation sites (N-methyl/N-ethyl adjacent to an activating group) is 1. The fraction of sp³-hybridized carbons (Fsp3) is 0.200. The molecule has 35 heavy (non-hydrogen) atoms. The molecule has 1 fully saturated rings. The zero-order chi connectivity index (χ0) is 24.1. The van der Waals surface area contributed by atoms with Gasteiger partial charge in [0.15, 0.2) is 0 Å². The smallest absolute Gasteiger partial charge is 0.292 e. The van der Waals surface area contributed by atoms with Crippen molar-refractivity contribution in [3.05, 3.63) is 64.7 Å². The van der Waals surface area contributed by atoms with Crippen molar-refractivity contribution in [2.75, 3.05) is 43.9 Å². The Labute approximate surface area is 200 Å². The van der Waals surface area contributed by atoms with Crippen LogP contribution in [-0.4, -0.2) is 63.0 Å². The number of aromatic nitrogens is 4. The van der Waals surface area contributed by atoms with Crippen molar-refractivity contribution in [3.8, 4) is 22.8 Å². The summed E-state index contributed by atoms with van der Waals surface area (Å²) in [4.78, 5) is 31.5. The molecule has 6 rings (SSSR count). The van der Waals surface area contributed by atoms with Crippen LogP contribution < -0.4 is 10.6 Å². The van der Waals surface area contributed by atoms with E-state index in [0.717, 1.165) is 59.6 Å². The first kappa shape index (κ1) is 21.1. The number of nitro benzene ring substituents is 1. The Bertz CT molecular complexity index is 1580. The first-order valence-corrected chi connectivity index (χ1v) is 11.4. The van der Waals surface area contributed by atoms with Crippen LogP contribution >= 0.6 is 0 Å². The molecule has 0 amide bonds. The maximum atomic E-state index is 11.0. The summed E-state index contributed by atoms with van der Waals surface area (Å²) in [7, 11) is 2.16. The van der Waals surface area contributed by atoms with E-state index in [1.165, 1.54) is 11.8 Å². The lowest BCUT2D eigenvalue weighted by Gasteiger charge is -2.34. The van der Waals surface area contributed by atoms with Gasteiger partial charge in [-0.2, -0.15) is 0 Å². The van der Waals surface area contributed by atoms with Crippen LogP contribution in [0.4, 0.5) is 17.1 Å². The number of nitrogens with zero attached hydrogens (tertiary/aromatic N) is 5. The van der Waals surface area contributed by atoms with Gasteiger partial charge in [-0.3, -0.25) is 10.1 Å². The summed E-state index contributed by atoms with van der Waals surface area (Å²) in [5, 5.41) is 11.0. The standard InChI is InChI=1S/C25H24N8O2/c1-31-8-10-32(11-9-31)17-4-6-20-22(14-17)30-25(28-20)16-2-5-19-21(13-16)29-24(27-19)15-3-7-23(33(34)35)18(26)12-15/h2-7,12-14H,8-11,26H2,1H3,(H,27,29)(H,28,30). The van der Waals surface area contributed by atoms with Crippen LogP contribution in [0.2, 0.25) is 0 Å². The molecular weight excluding hydrogens is 444 g/mol. The molecule has 1 aliphatic heterocycles. The fourth-order valence-electron chi connectivity index (χ4n) is 4.56. The number of piperazine rings is 1. The fourth-order valence-corrected chi connectivity index (χ4v) is 4.56. The lowest BCUT2D eigenvalue weighted by Crippen LogP contribution is -2.44. The highest BCUT2D eigenvalue weighted by molar-refractivity contribution is 5.87. The number of nitrogen functional groups attached to an aromatic ring is 1. The summed E-state index contributed by atoms with van der Waals surface area (Å²) >= 11 is 0. The molecule has 1 aliphatic rings. The number of hydrogen-bond acceptors (Lipinski definition) is 7. The van der Waals surface area contributed by atoms with E-state index >= 15 is 0 Å². The van der Waals surface area contributed by atoms with Gasteiger partial charge in [-0.1, -0.05) is 0 Å². The van der Waals surface area contributed by atoms with E-state index in [-0.39, 0.29) is 11.4 Å². The van der Waals surface area contributed by atoms with Gasteiger partial charge >= 0.3 is 0 Å². The second kappa shape index (κ2) is 8.10. The average molecular weight is 469 g/mol. The topological polar surface area (TPSA) is 133 Å². The van der Waals surface area contributed by atoms with Gasteiger partial charge in [0.2, 0.25) is 0 Å². The molecule has 10 nitrogen and oxygen atoms in total. The molecule has 176 valence electrons. The summed E-state index contributed by atoms with van der Waals surface area (Å²) in [6.07, 6.45) is 0. The van der Waals surface area contributed by atoms with Gasteiger partial charge in [0.25, 0.3) is 5.69 Å². The van der Waals surface area contributed by atoms with Crippen LogP contribution in [0.15, 0.2) is 54.6 Å². The predicted molar refractivity (Wildman–Crippen MR) is 137 cm³/mol. The molecule has 3 heterocycles. The molecule has 1 saturated heterocycles. The zero-order valence-corrected chi connectivity index (χ0v) is 19.2. The van der Waals surface area contributed by atoms with Crippen LogP contribution in [0.1, 0.15) is 0 Å². The molecule has 0 unspecified atom stereocenters. The molecule has 0 bridgehead atoms. The van der Waals surface area contributed by atoms with Crippen molar-refractivity contribution in [1.29, 1.82) is 0 Å². The molecule has 4 N–H and O–H groups in total. The Kier molecular flexibility index (Phi) is 4.89. The minimum atomic E-state index is -0.495. The second-order valence-electron chi connectivity index (χ2n) is 8.93. The number of benzene rings is 3. The number of fused-ring (bicyclic) bond motifs is 2. The quantitative estimate of drug-likeness (QED) is 0.206. The maximum Gasteiger partial charge on any atom is 0.292 e. The summed E-state index contributed by atoms with van der Waals surface area (Å²) in [6.45, 7) is 4.15. The normalized spacial score (nSPS) is 14.7. The molecule has 5 aromatic rings. The van der Waals surface area contributed by atoms with Crippen molar-refractivity contribution in [3.63, 3.8) is 0 Å². The van der Waals surface area contributed by atoms with Crippen LogP contribution in [0.25, 0.3) is 44.8 Å². The Hall–Kier alpha value is -4.44. The van der Waals surface area contributed by atoms with Crippen LogP contribution in [0.3, 0.4) is 0 Å². The van der Waals surface area contributed by atoms with E-state index < -0.39 is 4.92 Å².